The van der Waals surface area contributed by atoms with Crippen LogP contribution in [0.1, 0.15) is 60.6 Å². The molecule has 33 heavy (non-hydrogen) atoms. The number of carbonyl (C=O) groups is 1. The molecule has 0 aliphatic heterocycles. The van der Waals surface area contributed by atoms with Gasteiger partial charge in [0.2, 0.25) is 5.91 Å². The average molecular weight is 498 g/mol. The summed E-state index contributed by atoms with van der Waals surface area (Å²) < 4.78 is 2.16. The van der Waals surface area contributed by atoms with Crippen molar-refractivity contribution >= 4 is 45.6 Å². The highest BCUT2D eigenvalue weighted by molar-refractivity contribution is 7.99. The minimum atomic E-state index is -0.129. The number of nitrogens with zero attached hydrogens (tertiary/aromatic N) is 4. The number of fused-ring (bicyclic) bond motifs is 1. The summed E-state index contributed by atoms with van der Waals surface area (Å²) in [5, 5.41) is 23.6. The number of halogens is 1. The zero-order chi connectivity index (χ0) is 22.8. The molecule has 1 aromatic carbocycles. The van der Waals surface area contributed by atoms with Crippen molar-refractivity contribution < 1.29 is 4.79 Å². The van der Waals surface area contributed by atoms with Crippen LogP contribution in [0, 0.1) is 11.3 Å². The van der Waals surface area contributed by atoms with Crippen molar-refractivity contribution in [2.45, 2.75) is 62.6 Å². The van der Waals surface area contributed by atoms with E-state index in [-0.39, 0.29) is 11.7 Å². The summed E-state index contributed by atoms with van der Waals surface area (Å²) in [6, 6.07) is 10.3. The van der Waals surface area contributed by atoms with Gasteiger partial charge in [0.1, 0.15) is 11.1 Å². The first kappa shape index (κ1) is 22.5. The Morgan fingerprint density at radius 1 is 1.21 bits per heavy atom. The Labute approximate surface area is 206 Å². The Hall–Kier alpha value is -2.34. The number of hydrogen-bond donors (Lipinski definition) is 1. The summed E-state index contributed by atoms with van der Waals surface area (Å²) in [5.74, 6) is 0.837. The standard InChI is InChI=1S/C24H24ClN5OS2/c25-19-11-5-3-10-17(19)22-28-29-24(30(22)15-7-1-2-8-15)32-14-21(31)27-23-18(13-26)16-9-4-6-12-20(16)33-23/h3,5,10-11,15H,1-2,4,6-9,12,14H2,(H,27,31). The van der Waals surface area contributed by atoms with Gasteiger partial charge in [-0.25, -0.2) is 0 Å². The number of rotatable bonds is 6. The van der Waals surface area contributed by atoms with Crippen LogP contribution < -0.4 is 5.32 Å². The van der Waals surface area contributed by atoms with Crippen molar-refractivity contribution in [3.8, 4) is 17.5 Å². The van der Waals surface area contributed by atoms with Gasteiger partial charge in [-0.05, 0) is 56.2 Å². The van der Waals surface area contributed by atoms with Crippen LogP contribution in [0.15, 0.2) is 29.4 Å². The summed E-state index contributed by atoms with van der Waals surface area (Å²) in [6.07, 6.45) is 8.66. The number of carbonyl (C=O) groups excluding carboxylic acids is 1. The maximum absolute atomic E-state index is 12.8. The Kier molecular flexibility index (Phi) is 6.72. The third-order valence-corrected chi connectivity index (χ3v) is 8.82. The number of thiophene rings is 1. The van der Waals surface area contributed by atoms with Crippen LogP contribution in [0.5, 0.6) is 0 Å². The molecule has 5 rings (SSSR count). The van der Waals surface area contributed by atoms with Crippen LogP contribution in [0.25, 0.3) is 11.4 Å². The second-order valence-electron chi connectivity index (χ2n) is 8.46. The predicted molar refractivity (Wildman–Crippen MR) is 133 cm³/mol. The molecular formula is C24H24ClN5OS2. The molecule has 9 heteroatoms. The number of anilines is 1. The lowest BCUT2D eigenvalue weighted by molar-refractivity contribution is -0.113. The molecule has 2 aliphatic rings. The van der Waals surface area contributed by atoms with Crippen molar-refractivity contribution in [1.29, 1.82) is 5.26 Å². The topological polar surface area (TPSA) is 83.6 Å². The van der Waals surface area contributed by atoms with E-state index < -0.39 is 0 Å². The molecular weight excluding hydrogens is 474 g/mol. The highest BCUT2D eigenvalue weighted by Crippen LogP contribution is 2.39. The number of thioether (sulfide) groups is 1. The van der Waals surface area contributed by atoms with Gasteiger partial charge < -0.3 is 5.32 Å². The third-order valence-electron chi connectivity index (χ3n) is 6.34. The molecule has 2 aliphatic carbocycles. The van der Waals surface area contributed by atoms with Gasteiger partial charge in [0.15, 0.2) is 11.0 Å². The lowest BCUT2D eigenvalue weighted by Gasteiger charge is -2.17. The number of hydrogen-bond acceptors (Lipinski definition) is 6. The molecule has 1 N–H and O–H groups in total. The largest absolute Gasteiger partial charge is 0.316 e. The predicted octanol–water partition coefficient (Wildman–Crippen LogP) is 6.26. The molecule has 0 radical (unpaired) electrons. The number of nitriles is 1. The van der Waals surface area contributed by atoms with E-state index in [1.165, 1.54) is 29.5 Å². The van der Waals surface area contributed by atoms with E-state index >= 15 is 0 Å². The monoisotopic (exact) mass is 497 g/mol. The molecule has 3 aromatic rings. The lowest BCUT2D eigenvalue weighted by atomic mass is 9.96. The molecule has 0 spiro atoms. The van der Waals surface area contributed by atoms with Crippen LogP contribution in [0.4, 0.5) is 5.00 Å². The van der Waals surface area contributed by atoms with Gasteiger partial charge in [-0.1, -0.05) is 48.3 Å². The van der Waals surface area contributed by atoms with Crippen LogP contribution in [0.3, 0.4) is 0 Å². The Balaban J connectivity index is 1.35. The van der Waals surface area contributed by atoms with E-state index in [1.54, 1.807) is 11.3 Å². The summed E-state index contributed by atoms with van der Waals surface area (Å²) >= 11 is 9.40. The van der Waals surface area contributed by atoms with Gasteiger partial charge in [-0.2, -0.15) is 5.26 Å². The fourth-order valence-electron chi connectivity index (χ4n) is 4.76. The van der Waals surface area contributed by atoms with Crippen LogP contribution in [-0.2, 0) is 17.6 Å². The zero-order valence-electron chi connectivity index (χ0n) is 18.1. The smallest absolute Gasteiger partial charge is 0.235 e. The molecule has 0 atom stereocenters. The quantitative estimate of drug-likeness (QED) is 0.406. The SMILES string of the molecule is N#Cc1c(NC(=O)CSc2nnc(-c3ccccc3Cl)n2C2CCCC2)sc2c1CCCC2. The van der Waals surface area contributed by atoms with Gasteiger partial charge in [0.25, 0.3) is 0 Å². The Morgan fingerprint density at radius 2 is 2.00 bits per heavy atom. The highest BCUT2D eigenvalue weighted by atomic mass is 35.5. The summed E-state index contributed by atoms with van der Waals surface area (Å²) in [7, 11) is 0. The van der Waals surface area contributed by atoms with Crippen molar-refractivity contribution in [2.75, 3.05) is 11.1 Å². The average Bonchev–Trinajstić information content (AvgIpc) is 3.56. The summed E-state index contributed by atoms with van der Waals surface area (Å²) in [6.45, 7) is 0. The number of nitrogens with one attached hydrogen (secondary N) is 1. The van der Waals surface area contributed by atoms with Crippen LogP contribution >= 0.6 is 34.7 Å². The minimum absolute atomic E-state index is 0.129. The van der Waals surface area contributed by atoms with E-state index in [9.17, 15) is 10.1 Å². The van der Waals surface area contributed by atoms with Crippen molar-refractivity contribution in [3.63, 3.8) is 0 Å². The molecule has 1 amide bonds. The van der Waals surface area contributed by atoms with Crippen molar-refractivity contribution in [2.24, 2.45) is 0 Å². The highest BCUT2D eigenvalue weighted by Gasteiger charge is 2.27. The maximum Gasteiger partial charge on any atom is 0.235 e. The van der Waals surface area contributed by atoms with Gasteiger partial charge in [0.05, 0.1) is 16.3 Å². The molecule has 170 valence electrons. The third kappa shape index (κ3) is 4.54. The summed E-state index contributed by atoms with van der Waals surface area (Å²) in [4.78, 5) is 14.1. The Morgan fingerprint density at radius 3 is 2.79 bits per heavy atom. The van der Waals surface area contributed by atoms with E-state index in [0.717, 1.165) is 60.6 Å². The molecule has 0 unspecified atom stereocenters. The van der Waals surface area contributed by atoms with Crippen LogP contribution in [-0.4, -0.2) is 26.4 Å². The van der Waals surface area contributed by atoms with E-state index in [2.05, 4.69) is 26.2 Å². The first-order valence-corrected chi connectivity index (χ1v) is 13.5. The van der Waals surface area contributed by atoms with E-state index in [0.29, 0.717) is 21.6 Å². The second-order valence-corrected chi connectivity index (χ2v) is 10.9. The normalized spacial score (nSPS) is 15.9. The van der Waals surface area contributed by atoms with Gasteiger partial charge in [-0.3, -0.25) is 9.36 Å². The molecule has 0 bridgehead atoms. The first-order chi connectivity index (χ1) is 16.2. The molecule has 1 fully saturated rings. The van der Waals surface area contributed by atoms with Gasteiger partial charge in [0, 0.05) is 16.5 Å². The second kappa shape index (κ2) is 9.88. The molecule has 2 aromatic heterocycles. The Bertz CT molecular complexity index is 1220. The van der Waals surface area contributed by atoms with Crippen LogP contribution in [0.2, 0.25) is 5.02 Å². The van der Waals surface area contributed by atoms with E-state index in [1.807, 2.05) is 24.3 Å². The van der Waals surface area contributed by atoms with Crippen molar-refractivity contribution in [3.05, 3.63) is 45.3 Å². The minimum Gasteiger partial charge on any atom is -0.316 e. The number of aromatic nitrogens is 3. The maximum atomic E-state index is 12.8. The zero-order valence-corrected chi connectivity index (χ0v) is 20.5. The number of aryl methyl sites for hydroxylation is 1. The first-order valence-electron chi connectivity index (χ1n) is 11.3. The lowest BCUT2D eigenvalue weighted by Crippen LogP contribution is -2.15. The molecule has 6 nitrogen and oxygen atoms in total. The number of amides is 1. The van der Waals surface area contributed by atoms with E-state index in [4.69, 9.17) is 11.6 Å². The van der Waals surface area contributed by atoms with Gasteiger partial charge >= 0.3 is 0 Å². The summed E-state index contributed by atoms with van der Waals surface area (Å²) in [5.41, 5.74) is 2.63. The number of benzene rings is 1. The molecule has 1 saturated carbocycles. The fourth-order valence-corrected chi connectivity index (χ4v) is 7.04. The molecule has 2 heterocycles. The molecule has 0 saturated heterocycles. The fraction of sp³-hybridized carbons (Fsp3) is 0.417. The van der Waals surface area contributed by atoms with Gasteiger partial charge in [-0.15, -0.1) is 21.5 Å². The van der Waals surface area contributed by atoms with Crippen molar-refractivity contribution in [1.82, 2.24) is 14.8 Å².